The average Bonchev–Trinajstić information content (AvgIpc) is 2.78. The van der Waals surface area contributed by atoms with Crippen molar-refractivity contribution < 1.29 is 27.8 Å². The number of aliphatic hydroxyl groups excluding tert-OH is 1. The maximum atomic E-state index is 13.0. The average molecular weight is 418 g/mol. The molecule has 2 aromatic rings. The minimum absolute atomic E-state index is 0.130. The van der Waals surface area contributed by atoms with Gasteiger partial charge in [0.25, 0.3) is 5.91 Å². The van der Waals surface area contributed by atoms with E-state index in [1.165, 1.54) is 21.3 Å². The lowest BCUT2D eigenvalue weighted by atomic mass is 10.1. The van der Waals surface area contributed by atoms with E-state index in [0.29, 0.717) is 30.3 Å². The molecule has 1 atom stereocenters. The van der Waals surface area contributed by atoms with Crippen LogP contribution in [0.5, 0.6) is 11.5 Å². The first-order valence-corrected chi connectivity index (χ1v) is 10.8. The van der Waals surface area contributed by atoms with Crippen LogP contribution < -0.4 is 9.47 Å². The summed E-state index contributed by atoms with van der Waals surface area (Å²) < 4.78 is 38.2. The highest BCUT2D eigenvalue weighted by Gasteiger charge is 2.33. The van der Waals surface area contributed by atoms with Crippen molar-refractivity contribution in [2.45, 2.75) is 11.0 Å². The second-order valence-corrected chi connectivity index (χ2v) is 8.79. The molecule has 2 aliphatic rings. The molecule has 0 radical (unpaired) electrons. The van der Waals surface area contributed by atoms with Crippen molar-refractivity contribution in [1.29, 1.82) is 0 Å². The summed E-state index contributed by atoms with van der Waals surface area (Å²) in [5.41, 5.74) is 0.517. The lowest BCUT2D eigenvalue weighted by molar-refractivity contribution is -0.141. The molecule has 0 saturated carbocycles. The number of carbonyl (C=O) groups excluding carboxylic acids is 1. The van der Waals surface area contributed by atoms with E-state index in [9.17, 15) is 18.3 Å². The molecular formula is C20H22N2O6S. The summed E-state index contributed by atoms with van der Waals surface area (Å²) in [6, 6.07) is 13.3. The van der Waals surface area contributed by atoms with Gasteiger partial charge in [-0.2, -0.15) is 4.31 Å². The Morgan fingerprint density at radius 3 is 2.28 bits per heavy atom. The number of aliphatic hydroxyl groups is 1. The van der Waals surface area contributed by atoms with E-state index < -0.39 is 22.0 Å². The van der Waals surface area contributed by atoms with Gasteiger partial charge in [0.15, 0.2) is 17.6 Å². The monoisotopic (exact) mass is 418 g/mol. The Morgan fingerprint density at radius 1 is 0.931 bits per heavy atom. The number of rotatable bonds is 4. The van der Waals surface area contributed by atoms with Crippen LogP contribution in [-0.4, -0.2) is 68.0 Å². The van der Waals surface area contributed by atoms with Crippen molar-refractivity contribution in [1.82, 2.24) is 9.21 Å². The summed E-state index contributed by atoms with van der Waals surface area (Å²) >= 11 is 0. The number of fused-ring (bicyclic) bond motifs is 1. The molecule has 1 fully saturated rings. The van der Waals surface area contributed by atoms with Crippen LogP contribution in [0.1, 0.15) is 11.7 Å². The predicted octanol–water partition coefficient (Wildman–Crippen LogP) is 1.02. The SMILES string of the molecule is O=C([C@@H](O)c1ccccc1)N1CCN(S(=O)(=O)c2ccc3c(c2)OCCO3)CC1. The van der Waals surface area contributed by atoms with E-state index in [4.69, 9.17) is 9.47 Å². The van der Waals surface area contributed by atoms with E-state index in [2.05, 4.69) is 0 Å². The highest BCUT2D eigenvalue weighted by atomic mass is 32.2. The Morgan fingerprint density at radius 2 is 1.59 bits per heavy atom. The van der Waals surface area contributed by atoms with Crippen LogP contribution in [0, 0.1) is 0 Å². The molecule has 1 N–H and O–H groups in total. The number of amides is 1. The van der Waals surface area contributed by atoms with Gasteiger partial charge in [-0.05, 0) is 17.7 Å². The van der Waals surface area contributed by atoms with Crippen molar-refractivity contribution in [3.05, 3.63) is 54.1 Å². The molecule has 2 aromatic carbocycles. The largest absolute Gasteiger partial charge is 0.486 e. The van der Waals surface area contributed by atoms with Gasteiger partial charge in [-0.1, -0.05) is 30.3 Å². The summed E-state index contributed by atoms with van der Waals surface area (Å²) in [6.07, 6.45) is -1.25. The molecule has 1 saturated heterocycles. The van der Waals surface area contributed by atoms with Crippen LogP contribution in [0.25, 0.3) is 0 Å². The molecule has 0 aliphatic carbocycles. The number of carbonyl (C=O) groups is 1. The quantitative estimate of drug-likeness (QED) is 0.797. The summed E-state index contributed by atoms with van der Waals surface area (Å²) in [4.78, 5) is 14.2. The first kappa shape index (κ1) is 19.7. The summed E-state index contributed by atoms with van der Waals surface area (Å²) in [7, 11) is -3.72. The Bertz CT molecular complexity index is 987. The zero-order valence-corrected chi connectivity index (χ0v) is 16.5. The third kappa shape index (κ3) is 3.93. The topological polar surface area (TPSA) is 96.4 Å². The second-order valence-electron chi connectivity index (χ2n) is 6.85. The zero-order valence-electron chi connectivity index (χ0n) is 15.7. The van der Waals surface area contributed by atoms with Crippen LogP contribution in [0.4, 0.5) is 0 Å². The Labute approximate surface area is 169 Å². The summed E-state index contributed by atoms with van der Waals surface area (Å²) in [5, 5.41) is 10.3. The zero-order chi connectivity index (χ0) is 20.4. The number of sulfonamides is 1. The maximum absolute atomic E-state index is 13.0. The Kier molecular flexibility index (Phi) is 5.44. The van der Waals surface area contributed by atoms with Crippen molar-refractivity contribution in [2.75, 3.05) is 39.4 Å². The van der Waals surface area contributed by atoms with Gasteiger partial charge < -0.3 is 19.5 Å². The maximum Gasteiger partial charge on any atom is 0.256 e. The van der Waals surface area contributed by atoms with Crippen LogP contribution in [-0.2, 0) is 14.8 Å². The van der Waals surface area contributed by atoms with E-state index in [1.54, 1.807) is 30.3 Å². The van der Waals surface area contributed by atoms with Gasteiger partial charge >= 0.3 is 0 Å². The van der Waals surface area contributed by atoms with Crippen LogP contribution >= 0.6 is 0 Å². The first-order valence-electron chi connectivity index (χ1n) is 9.38. The second kappa shape index (κ2) is 8.02. The highest BCUT2D eigenvalue weighted by Crippen LogP contribution is 2.33. The fourth-order valence-corrected chi connectivity index (χ4v) is 4.87. The van der Waals surface area contributed by atoms with Gasteiger partial charge in [-0.15, -0.1) is 0 Å². The molecule has 4 rings (SSSR count). The molecule has 8 nitrogen and oxygen atoms in total. The molecule has 0 spiro atoms. The van der Waals surface area contributed by atoms with Gasteiger partial charge in [-0.3, -0.25) is 4.79 Å². The fourth-order valence-electron chi connectivity index (χ4n) is 3.43. The molecule has 2 heterocycles. The van der Waals surface area contributed by atoms with Gasteiger partial charge in [0.2, 0.25) is 10.0 Å². The van der Waals surface area contributed by atoms with E-state index >= 15 is 0 Å². The third-order valence-corrected chi connectivity index (χ3v) is 6.95. The van der Waals surface area contributed by atoms with Crippen molar-refractivity contribution >= 4 is 15.9 Å². The smallest absolute Gasteiger partial charge is 0.256 e. The van der Waals surface area contributed by atoms with Crippen LogP contribution in [0.3, 0.4) is 0 Å². The highest BCUT2D eigenvalue weighted by molar-refractivity contribution is 7.89. The number of hydrogen-bond donors (Lipinski definition) is 1. The Hall–Kier alpha value is -2.62. The van der Waals surface area contributed by atoms with E-state index in [1.807, 2.05) is 6.07 Å². The van der Waals surface area contributed by atoms with E-state index in [0.717, 1.165) is 0 Å². The molecule has 2 aliphatic heterocycles. The molecule has 0 unspecified atom stereocenters. The van der Waals surface area contributed by atoms with Crippen molar-refractivity contribution in [3.8, 4) is 11.5 Å². The molecule has 1 amide bonds. The van der Waals surface area contributed by atoms with E-state index in [-0.39, 0.29) is 31.1 Å². The number of hydrogen-bond acceptors (Lipinski definition) is 6. The van der Waals surface area contributed by atoms with Crippen molar-refractivity contribution in [3.63, 3.8) is 0 Å². The first-order chi connectivity index (χ1) is 14.0. The summed E-state index contributed by atoms with van der Waals surface area (Å²) in [6.45, 7) is 1.55. The molecule has 29 heavy (non-hydrogen) atoms. The number of ether oxygens (including phenoxy) is 2. The molecule has 9 heteroatoms. The van der Waals surface area contributed by atoms with Gasteiger partial charge in [-0.25, -0.2) is 8.42 Å². The van der Waals surface area contributed by atoms with Gasteiger partial charge in [0, 0.05) is 32.2 Å². The van der Waals surface area contributed by atoms with Crippen molar-refractivity contribution in [2.24, 2.45) is 0 Å². The predicted molar refractivity (Wildman–Crippen MR) is 104 cm³/mol. The molecule has 0 aromatic heterocycles. The molecular weight excluding hydrogens is 396 g/mol. The minimum atomic E-state index is -3.72. The van der Waals surface area contributed by atoms with Crippen LogP contribution in [0.2, 0.25) is 0 Å². The summed E-state index contributed by atoms with van der Waals surface area (Å²) in [5.74, 6) is 0.519. The minimum Gasteiger partial charge on any atom is -0.486 e. The number of nitrogens with zero attached hydrogens (tertiary/aromatic N) is 2. The van der Waals surface area contributed by atoms with Crippen LogP contribution in [0.15, 0.2) is 53.4 Å². The standard InChI is InChI=1S/C20H22N2O6S/c23-19(15-4-2-1-3-5-15)20(24)21-8-10-22(11-9-21)29(25,26)16-6-7-17-18(14-16)28-13-12-27-17/h1-7,14,19,23H,8-13H2/t19-/m0/s1. The van der Waals surface area contributed by atoms with Gasteiger partial charge in [0.05, 0.1) is 4.90 Å². The normalized spacial score (nSPS) is 18.3. The molecule has 154 valence electrons. The fraction of sp³-hybridized carbons (Fsp3) is 0.350. The van der Waals surface area contributed by atoms with Gasteiger partial charge in [0.1, 0.15) is 13.2 Å². The number of piperazine rings is 1. The number of benzene rings is 2. The third-order valence-electron chi connectivity index (χ3n) is 5.05. The molecule has 0 bridgehead atoms. The lowest BCUT2D eigenvalue weighted by Gasteiger charge is -2.35. The Balaban J connectivity index is 1.43. The lowest BCUT2D eigenvalue weighted by Crippen LogP contribution is -2.51.